The Labute approximate surface area is 205 Å². The molecule has 1 aliphatic rings. The number of methoxy groups -OCH3 is 3. The summed E-state index contributed by atoms with van der Waals surface area (Å²) in [5.74, 6) is -1.04. The van der Waals surface area contributed by atoms with Gasteiger partial charge >= 0.3 is 5.97 Å². The van der Waals surface area contributed by atoms with Crippen LogP contribution >= 0.6 is 11.7 Å². The minimum absolute atomic E-state index is 0.253. The van der Waals surface area contributed by atoms with E-state index in [1.54, 1.807) is 43.5 Å². The first-order valence-electron chi connectivity index (χ1n) is 10.7. The molecule has 1 N–H and O–H groups in total. The Hall–Kier alpha value is -3.95. The fourth-order valence-electron chi connectivity index (χ4n) is 4.20. The van der Waals surface area contributed by atoms with Crippen LogP contribution in [0.2, 0.25) is 0 Å². The molecule has 0 saturated heterocycles. The van der Waals surface area contributed by atoms with Gasteiger partial charge in [-0.3, -0.25) is 0 Å². The molecule has 5 rings (SSSR count). The minimum Gasteiger partial charge on any atom is -0.497 e. The van der Waals surface area contributed by atoms with Gasteiger partial charge in [-0.05, 0) is 53.6 Å². The number of hydrogen-bond acceptors (Lipinski definition) is 9. The van der Waals surface area contributed by atoms with Gasteiger partial charge in [0.1, 0.15) is 16.8 Å². The molecule has 4 aromatic rings. The Balaban J connectivity index is 1.69. The van der Waals surface area contributed by atoms with Crippen LogP contribution in [0.3, 0.4) is 0 Å². The van der Waals surface area contributed by atoms with Crippen molar-refractivity contribution in [2.24, 2.45) is 0 Å². The van der Waals surface area contributed by atoms with Gasteiger partial charge in [0.25, 0.3) is 5.79 Å². The minimum atomic E-state index is -2.01. The Kier molecular flexibility index (Phi) is 5.88. The third-order valence-corrected chi connectivity index (χ3v) is 6.57. The lowest BCUT2D eigenvalue weighted by molar-refractivity contribution is -0.185. The molecule has 178 valence electrons. The predicted molar refractivity (Wildman–Crippen MR) is 131 cm³/mol. The van der Waals surface area contributed by atoms with E-state index >= 15 is 0 Å². The molecule has 1 atom stereocenters. The molecule has 8 nitrogen and oxygen atoms in total. The van der Waals surface area contributed by atoms with Crippen LogP contribution in [0.4, 0.5) is 0 Å². The Bertz CT molecular complexity index is 1450. The molecule has 0 spiro atoms. The van der Waals surface area contributed by atoms with Crippen LogP contribution in [0, 0.1) is 0 Å². The maximum atomic E-state index is 13.3. The predicted octanol–water partition coefficient (Wildman–Crippen LogP) is 4.12. The van der Waals surface area contributed by atoms with E-state index in [2.05, 4.69) is 8.75 Å². The quantitative estimate of drug-likeness (QED) is 0.386. The normalized spacial score (nSPS) is 17.5. The zero-order valence-electron chi connectivity index (χ0n) is 19.3. The molecule has 35 heavy (non-hydrogen) atoms. The van der Waals surface area contributed by atoms with Gasteiger partial charge in [-0.15, -0.1) is 0 Å². The molecule has 1 aliphatic heterocycles. The maximum Gasteiger partial charge on any atom is 0.342 e. The van der Waals surface area contributed by atoms with Crippen LogP contribution in [0.5, 0.6) is 17.2 Å². The average Bonchev–Trinajstić information content (AvgIpc) is 3.45. The van der Waals surface area contributed by atoms with Gasteiger partial charge < -0.3 is 24.1 Å². The van der Waals surface area contributed by atoms with E-state index in [9.17, 15) is 9.90 Å². The Morgan fingerprint density at radius 1 is 0.886 bits per heavy atom. The molecule has 0 saturated carbocycles. The number of hydrogen-bond donors (Lipinski definition) is 1. The zero-order valence-corrected chi connectivity index (χ0v) is 20.1. The summed E-state index contributed by atoms with van der Waals surface area (Å²) < 4.78 is 30.2. The van der Waals surface area contributed by atoms with Gasteiger partial charge in [0, 0.05) is 17.6 Å². The van der Waals surface area contributed by atoms with Crippen molar-refractivity contribution in [3.05, 3.63) is 82.9 Å². The fraction of sp³-hybridized carbons (Fsp3) is 0.192. The number of fused-ring (bicyclic) bond motifs is 1. The van der Waals surface area contributed by atoms with Crippen molar-refractivity contribution < 1.29 is 28.8 Å². The lowest BCUT2D eigenvalue weighted by atomic mass is 9.88. The fourth-order valence-corrected chi connectivity index (χ4v) is 4.72. The smallest absolute Gasteiger partial charge is 0.342 e. The number of aliphatic hydroxyl groups is 1. The summed E-state index contributed by atoms with van der Waals surface area (Å²) in [5.41, 5.74) is 3.89. The van der Waals surface area contributed by atoms with Crippen LogP contribution in [-0.4, -0.2) is 41.2 Å². The first-order valence-corrected chi connectivity index (χ1v) is 11.5. The van der Waals surface area contributed by atoms with Gasteiger partial charge in [-0.1, -0.05) is 18.2 Å². The monoisotopic (exact) mass is 490 g/mol. The van der Waals surface area contributed by atoms with E-state index in [1.807, 2.05) is 24.3 Å². The number of rotatable bonds is 7. The number of ether oxygens (including phenoxy) is 4. The molecule has 0 amide bonds. The molecule has 0 bridgehead atoms. The molecule has 0 radical (unpaired) electrons. The Morgan fingerprint density at radius 2 is 1.63 bits per heavy atom. The number of aromatic nitrogens is 2. The van der Waals surface area contributed by atoms with Crippen molar-refractivity contribution in [1.82, 2.24) is 8.75 Å². The van der Waals surface area contributed by atoms with Gasteiger partial charge in [0.05, 0.1) is 38.6 Å². The van der Waals surface area contributed by atoms with Gasteiger partial charge in [0.15, 0.2) is 11.5 Å². The van der Waals surface area contributed by atoms with Crippen LogP contribution in [0.25, 0.3) is 16.6 Å². The molecule has 1 aromatic heterocycles. The van der Waals surface area contributed by atoms with Crippen LogP contribution < -0.4 is 14.2 Å². The van der Waals surface area contributed by atoms with Crippen LogP contribution in [-0.2, 0) is 21.7 Å². The van der Waals surface area contributed by atoms with E-state index in [1.165, 1.54) is 14.2 Å². The second-order valence-electron chi connectivity index (χ2n) is 7.95. The largest absolute Gasteiger partial charge is 0.497 e. The van der Waals surface area contributed by atoms with Crippen molar-refractivity contribution in [1.29, 1.82) is 0 Å². The second-order valence-corrected chi connectivity index (χ2v) is 8.48. The SMILES string of the molecule is COc1ccc(CC2=C(c3ccc4nsnc4c3)C(=O)OC2(O)c2ccc(OC)c(OC)c2)cc1. The number of carbonyl (C=O) groups excluding carboxylic acids is 1. The highest BCUT2D eigenvalue weighted by atomic mass is 32.1. The molecular formula is C26H22N2O6S. The van der Waals surface area contributed by atoms with E-state index in [-0.39, 0.29) is 12.0 Å². The van der Waals surface area contributed by atoms with Crippen molar-refractivity contribution in [3.8, 4) is 17.2 Å². The molecule has 2 heterocycles. The number of esters is 1. The van der Waals surface area contributed by atoms with Gasteiger partial charge in [-0.25, -0.2) is 4.79 Å². The first-order chi connectivity index (χ1) is 17.0. The summed E-state index contributed by atoms with van der Waals surface area (Å²) in [4.78, 5) is 13.3. The number of carbonyl (C=O) groups is 1. The summed E-state index contributed by atoms with van der Waals surface area (Å²) in [6.45, 7) is 0. The van der Waals surface area contributed by atoms with Gasteiger partial charge in [0.2, 0.25) is 0 Å². The maximum absolute atomic E-state index is 13.3. The van der Waals surface area contributed by atoms with Crippen molar-refractivity contribution >= 4 is 34.3 Å². The van der Waals surface area contributed by atoms with Crippen molar-refractivity contribution in [2.75, 3.05) is 21.3 Å². The topological polar surface area (TPSA) is 100 Å². The summed E-state index contributed by atoms with van der Waals surface area (Å²) in [5, 5.41) is 11.9. The van der Waals surface area contributed by atoms with E-state index in [0.29, 0.717) is 39.5 Å². The highest BCUT2D eigenvalue weighted by molar-refractivity contribution is 7.00. The number of nitrogens with zero attached hydrogens (tertiary/aromatic N) is 2. The highest BCUT2D eigenvalue weighted by Gasteiger charge is 2.48. The lowest BCUT2D eigenvalue weighted by Crippen LogP contribution is -2.29. The van der Waals surface area contributed by atoms with E-state index in [4.69, 9.17) is 18.9 Å². The molecule has 9 heteroatoms. The standard InChI is InChI=1S/C26H22N2O6S/c1-31-18-8-4-15(5-9-18)12-19-24(16-6-10-20-21(13-16)28-35-27-20)25(29)34-26(19,30)17-7-11-22(32-2)23(14-17)33-3/h4-11,13-14,30H,12H2,1-3H3. The molecular weight excluding hydrogens is 468 g/mol. The summed E-state index contributed by atoms with van der Waals surface area (Å²) in [6.07, 6.45) is 0.253. The number of benzene rings is 3. The average molecular weight is 491 g/mol. The first kappa shape index (κ1) is 22.8. The molecule has 0 fully saturated rings. The summed E-state index contributed by atoms with van der Waals surface area (Å²) >= 11 is 1.10. The van der Waals surface area contributed by atoms with Crippen molar-refractivity contribution in [2.45, 2.75) is 12.2 Å². The Morgan fingerprint density at radius 3 is 2.34 bits per heavy atom. The van der Waals surface area contributed by atoms with Crippen molar-refractivity contribution in [3.63, 3.8) is 0 Å². The summed E-state index contributed by atoms with van der Waals surface area (Å²) in [7, 11) is 4.62. The van der Waals surface area contributed by atoms with E-state index < -0.39 is 11.8 Å². The molecule has 3 aromatic carbocycles. The van der Waals surface area contributed by atoms with Crippen LogP contribution in [0.1, 0.15) is 16.7 Å². The molecule has 0 aliphatic carbocycles. The molecule has 1 unspecified atom stereocenters. The van der Waals surface area contributed by atoms with E-state index in [0.717, 1.165) is 22.8 Å². The zero-order chi connectivity index (χ0) is 24.6. The summed E-state index contributed by atoms with van der Waals surface area (Å²) in [6, 6.07) is 17.7. The number of cyclic esters (lactones) is 1. The lowest BCUT2D eigenvalue weighted by Gasteiger charge is -2.26. The third-order valence-electron chi connectivity index (χ3n) is 6.01. The third kappa shape index (κ3) is 3.98. The highest BCUT2D eigenvalue weighted by Crippen LogP contribution is 2.46. The second kappa shape index (κ2) is 9.01. The van der Waals surface area contributed by atoms with Gasteiger partial charge in [-0.2, -0.15) is 8.75 Å². The van der Waals surface area contributed by atoms with Crippen LogP contribution in [0.15, 0.2) is 66.2 Å².